The van der Waals surface area contributed by atoms with Crippen molar-refractivity contribution in [1.29, 1.82) is 0 Å². The summed E-state index contributed by atoms with van der Waals surface area (Å²) in [5.41, 5.74) is 0.384. The Balaban J connectivity index is 1.59. The van der Waals surface area contributed by atoms with E-state index in [1.54, 1.807) is 0 Å². The molecule has 7 nitrogen and oxygen atoms in total. The number of carbonyl (C=O) groups is 1. The summed E-state index contributed by atoms with van der Waals surface area (Å²) in [4.78, 5) is 12.8. The summed E-state index contributed by atoms with van der Waals surface area (Å²) in [6.45, 7) is 0.417. The van der Waals surface area contributed by atoms with E-state index in [1.807, 2.05) is 0 Å². The van der Waals surface area contributed by atoms with Gasteiger partial charge in [0.25, 0.3) is 0 Å². The third kappa shape index (κ3) is 5.89. The van der Waals surface area contributed by atoms with E-state index >= 15 is 0 Å². The fourth-order valence-electron chi connectivity index (χ4n) is 4.52. The minimum absolute atomic E-state index is 0.0783. The molecular weight excluding hydrogens is 418 g/mol. The summed E-state index contributed by atoms with van der Waals surface area (Å²) in [5, 5.41) is 9.50. The number of hydrogen-bond acceptors (Lipinski definition) is 4. The van der Waals surface area contributed by atoms with Gasteiger partial charge in [-0.25, -0.2) is 26.7 Å². The monoisotopic (exact) mass is 446 g/mol. The summed E-state index contributed by atoms with van der Waals surface area (Å²) < 4.78 is 59.4. The van der Waals surface area contributed by atoms with E-state index in [0.717, 1.165) is 18.4 Å². The highest BCUT2D eigenvalue weighted by atomic mass is 32.2. The lowest BCUT2D eigenvalue weighted by molar-refractivity contribution is -0.0227. The van der Waals surface area contributed by atoms with Crippen LogP contribution in [0.1, 0.15) is 50.0 Å². The van der Waals surface area contributed by atoms with Gasteiger partial charge in [-0.1, -0.05) is 0 Å². The van der Waals surface area contributed by atoms with Crippen LogP contribution < -0.4 is 4.72 Å². The van der Waals surface area contributed by atoms with E-state index in [0.29, 0.717) is 50.6 Å². The minimum atomic E-state index is -3.49. The second-order valence-electron chi connectivity index (χ2n) is 8.15. The minimum Gasteiger partial charge on any atom is -0.465 e. The van der Waals surface area contributed by atoms with Gasteiger partial charge in [0.2, 0.25) is 10.0 Å². The van der Waals surface area contributed by atoms with Gasteiger partial charge in [-0.3, -0.25) is 0 Å². The summed E-state index contributed by atoms with van der Waals surface area (Å²) >= 11 is 0. The molecule has 2 aliphatic rings. The van der Waals surface area contributed by atoms with Crippen LogP contribution in [0.2, 0.25) is 0 Å². The molecule has 2 fully saturated rings. The van der Waals surface area contributed by atoms with Gasteiger partial charge < -0.3 is 14.7 Å². The smallest absolute Gasteiger partial charge is 0.407 e. The molecule has 0 bridgehead atoms. The summed E-state index contributed by atoms with van der Waals surface area (Å²) in [5.74, 6) is -0.944. The van der Waals surface area contributed by atoms with E-state index in [2.05, 4.69) is 4.72 Å². The second kappa shape index (κ2) is 9.57. The van der Waals surface area contributed by atoms with Gasteiger partial charge in [-0.15, -0.1) is 0 Å². The molecule has 1 aliphatic heterocycles. The number of benzene rings is 1. The van der Waals surface area contributed by atoms with Crippen molar-refractivity contribution in [3.8, 4) is 0 Å². The molecule has 30 heavy (non-hydrogen) atoms. The lowest BCUT2D eigenvalue weighted by atomic mass is 9.82. The second-order valence-corrected chi connectivity index (χ2v) is 9.93. The number of nitrogens with zero attached hydrogens (tertiary/aromatic N) is 1. The molecule has 2 atom stereocenters. The van der Waals surface area contributed by atoms with Crippen molar-refractivity contribution in [3.63, 3.8) is 0 Å². The van der Waals surface area contributed by atoms with E-state index in [9.17, 15) is 27.1 Å². The molecule has 0 radical (unpaired) electrons. The van der Waals surface area contributed by atoms with E-state index in [-0.39, 0.29) is 18.6 Å². The Morgan fingerprint density at radius 3 is 2.57 bits per heavy atom. The molecular formula is C20H28F2N2O5S. The summed E-state index contributed by atoms with van der Waals surface area (Å²) in [7, 11) is -3.49. The van der Waals surface area contributed by atoms with Crippen LogP contribution in [0.3, 0.4) is 0 Å². The number of amides is 1. The molecule has 1 heterocycles. The molecule has 0 spiro atoms. The maximum absolute atomic E-state index is 14.0. The van der Waals surface area contributed by atoms with Crippen LogP contribution in [-0.2, 0) is 14.8 Å². The third-order valence-corrected chi connectivity index (χ3v) is 6.70. The number of ether oxygens (including phenoxy) is 1. The molecule has 2 N–H and O–H groups in total. The molecule has 168 valence electrons. The summed E-state index contributed by atoms with van der Waals surface area (Å²) in [6, 6.07) is 2.35. The van der Waals surface area contributed by atoms with Crippen LogP contribution in [-0.4, -0.2) is 62.1 Å². The maximum Gasteiger partial charge on any atom is 0.407 e. The Kier molecular flexibility index (Phi) is 7.30. The average molecular weight is 447 g/mol. The number of carboxylic acid groups (broad SMARTS) is 1. The molecule has 1 aliphatic carbocycles. The van der Waals surface area contributed by atoms with Crippen LogP contribution in [0.15, 0.2) is 18.2 Å². The number of sulfonamides is 1. The molecule has 10 heteroatoms. The van der Waals surface area contributed by atoms with Crippen molar-refractivity contribution in [2.45, 2.75) is 62.6 Å². The van der Waals surface area contributed by atoms with Gasteiger partial charge >= 0.3 is 6.09 Å². The van der Waals surface area contributed by atoms with Crippen molar-refractivity contribution < 1.29 is 31.8 Å². The van der Waals surface area contributed by atoms with Crippen LogP contribution in [0.25, 0.3) is 0 Å². The Labute approximate surface area is 175 Å². The first-order valence-corrected chi connectivity index (χ1v) is 12.1. The van der Waals surface area contributed by atoms with E-state index in [1.165, 1.54) is 11.0 Å². The largest absolute Gasteiger partial charge is 0.465 e. The SMILES string of the molecule is CS(=O)(=O)N[C@H]1CCCN(C(=O)O)[C@H]1CO[C@H]1CC[C@@H](c2cc(F)ccc2F)CC1. The van der Waals surface area contributed by atoms with Crippen LogP contribution in [0.4, 0.5) is 13.6 Å². The van der Waals surface area contributed by atoms with Crippen molar-refractivity contribution in [1.82, 2.24) is 9.62 Å². The predicted octanol–water partition coefficient (Wildman–Crippen LogP) is 3.07. The van der Waals surface area contributed by atoms with Gasteiger partial charge in [0.15, 0.2) is 0 Å². The van der Waals surface area contributed by atoms with E-state index in [4.69, 9.17) is 4.74 Å². The highest BCUT2D eigenvalue weighted by molar-refractivity contribution is 7.88. The Morgan fingerprint density at radius 2 is 1.93 bits per heavy atom. The molecule has 3 rings (SSSR count). The van der Waals surface area contributed by atoms with Crippen LogP contribution in [0, 0.1) is 11.6 Å². The topological polar surface area (TPSA) is 95.9 Å². The van der Waals surface area contributed by atoms with Crippen LogP contribution in [0.5, 0.6) is 0 Å². The molecule has 1 aromatic carbocycles. The number of halogens is 2. The lowest BCUT2D eigenvalue weighted by Gasteiger charge is -2.40. The number of hydrogen-bond donors (Lipinski definition) is 2. The number of likely N-dealkylation sites (tertiary alicyclic amines) is 1. The number of piperidine rings is 1. The molecule has 1 saturated heterocycles. The first kappa shape index (κ1) is 22.9. The first-order chi connectivity index (χ1) is 14.1. The fourth-order valence-corrected chi connectivity index (χ4v) is 5.34. The number of nitrogens with one attached hydrogen (secondary N) is 1. The molecule has 1 amide bonds. The maximum atomic E-state index is 14.0. The quantitative estimate of drug-likeness (QED) is 0.700. The lowest BCUT2D eigenvalue weighted by Crippen LogP contribution is -2.58. The molecule has 0 aromatic heterocycles. The van der Waals surface area contributed by atoms with Crippen molar-refractivity contribution in [3.05, 3.63) is 35.4 Å². The number of rotatable bonds is 6. The zero-order chi connectivity index (χ0) is 21.9. The van der Waals surface area contributed by atoms with Gasteiger partial charge in [-0.05, 0) is 68.2 Å². The fraction of sp³-hybridized carbons (Fsp3) is 0.650. The Bertz CT molecular complexity index is 859. The van der Waals surface area contributed by atoms with Crippen molar-refractivity contribution in [2.24, 2.45) is 0 Å². The van der Waals surface area contributed by atoms with E-state index < -0.39 is 39.8 Å². The predicted molar refractivity (Wildman–Crippen MR) is 107 cm³/mol. The van der Waals surface area contributed by atoms with Crippen molar-refractivity contribution in [2.75, 3.05) is 19.4 Å². The van der Waals surface area contributed by atoms with Crippen LogP contribution >= 0.6 is 0 Å². The zero-order valence-corrected chi connectivity index (χ0v) is 17.7. The Hall–Kier alpha value is -1.78. The highest BCUT2D eigenvalue weighted by Crippen LogP contribution is 2.36. The van der Waals surface area contributed by atoms with Gasteiger partial charge in [-0.2, -0.15) is 0 Å². The average Bonchev–Trinajstić information content (AvgIpc) is 2.68. The zero-order valence-electron chi connectivity index (χ0n) is 16.9. The molecule has 0 unspecified atom stereocenters. The van der Waals surface area contributed by atoms with Crippen molar-refractivity contribution >= 4 is 16.1 Å². The standard InChI is InChI=1S/C20H28F2N2O5S/c1-30(27,28)23-18-3-2-10-24(20(25)26)19(18)12-29-15-7-4-13(5-8-15)16-11-14(21)6-9-17(16)22/h6,9,11,13,15,18-19,23H,2-5,7-8,10,12H2,1H3,(H,25,26)/t13-,15+,18-,19-/m0/s1. The normalized spacial score (nSPS) is 27.8. The third-order valence-electron chi connectivity index (χ3n) is 5.96. The molecule has 1 saturated carbocycles. The molecule has 1 aromatic rings. The van der Waals surface area contributed by atoms with Gasteiger partial charge in [0.1, 0.15) is 11.6 Å². The van der Waals surface area contributed by atoms with Gasteiger partial charge in [0, 0.05) is 12.6 Å². The Morgan fingerprint density at radius 1 is 1.23 bits per heavy atom. The highest BCUT2D eigenvalue weighted by Gasteiger charge is 2.37. The van der Waals surface area contributed by atoms with Gasteiger partial charge in [0.05, 0.1) is 25.0 Å². The first-order valence-electron chi connectivity index (χ1n) is 10.2. The summed E-state index contributed by atoms with van der Waals surface area (Å²) in [6.07, 6.45) is 3.50.